The van der Waals surface area contributed by atoms with Crippen LogP contribution in [0.15, 0.2) is 0 Å². The van der Waals surface area contributed by atoms with Gasteiger partial charge in [-0.05, 0) is 6.92 Å². The number of hydrogen-bond acceptors (Lipinski definition) is 3. The Morgan fingerprint density at radius 2 is 2.25 bits per heavy atom. The molecule has 70 valence electrons. The van der Waals surface area contributed by atoms with E-state index in [1.54, 1.807) is 6.92 Å². The van der Waals surface area contributed by atoms with Crippen molar-refractivity contribution in [1.82, 2.24) is 4.72 Å². The second-order valence-electron chi connectivity index (χ2n) is 2.39. The minimum Gasteiger partial charge on any atom is -0.212 e. The Morgan fingerprint density at radius 1 is 1.67 bits per heavy atom. The Morgan fingerprint density at radius 3 is 2.67 bits per heavy atom. The van der Waals surface area contributed by atoms with Crippen molar-refractivity contribution in [3.63, 3.8) is 0 Å². The van der Waals surface area contributed by atoms with Crippen molar-refractivity contribution >= 4 is 21.6 Å². The summed E-state index contributed by atoms with van der Waals surface area (Å²) in [4.78, 5) is 0. The summed E-state index contributed by atoms with van der Waals surface area (Å²) in [5.41, 5.74) is 0. The molecule has 12 heavy (non-hydrogen) atoms. The predicted molar refractivity (Wildman–Crippen MR) is 47.3 cm³/mol. The van der Waals surface area contributed by atoms with Crippen LogP contribution in [0.25, 0.3) is 0 Å². The van der Waals surface area contributed by atoms with Crippen LogP contribution < -0.4 is 4.72 Å². The zero-order valence-electron chi connectivity index (χ0n) is 6.75. The van der Waals surface area contributed by atoms with E-state index in [-0.39, 0.29) is 24.1 Å². The van der Waals surface area contributed by atoms with Gasteiger partial charge in [-0.25, -0.2) is 13.1 Å². The number of nitrogens with one attached hydrogen (secondary N) is 1. The van der Waals surface area contributed by atoms with E-state index < -0.39 is 10.0 Å². The lowest BCUT2D eigenvalue weighted by molar-refractivity contribution is 0.564. The second kappa shape index (κ2) is 5.36. The summed E-state index contributed by atoms with van der Waals surface area (Å²) in [6.07, 6.45) is 0.168. The molecule has 4 nitrogen and oxygen atoms in total. The van der Waals surface area contributed by atoms with E-state index in [1.165, 1.54) is 0 Å². The summed E-state index contributed by atoms with van der Waals surface area (Å²) in [6, 6.07) is 1.53. The normalized spacial score (nSPS) is 13.8. The van der Waals surface area contributed by atoms with Gasteiger partial charge in [0, 0.05) is 11.9 Å². The summed E-state index contributed by atoms with van der Waals surface area (Å²) in [7, 11) is -3.29. The molecule has 0 saturated heterocycles. The van der Waals surface area contributed by atoms with Crippen LogP contribution in [-0.2, 0) is 10.0 Å². The van der Waals surface area contributed by atoms with Gasteiger partial charge in [-0.1, -0.05) is 0 Å². The molecule has 0 bridgehead atoms. The monoisotopic (exact) mass is 210 g/mol. The molecule has 6 heteroatoms. The van der Waals surface area contributed by atoms with Gasteiger partial charge < -0.3 is 0 Å². The fraction of sp³-hybridized carbons (Fsp3) is 0.833. The first-order chi connectivity index (χ1) is 5.52. The van der Waals surface area contributed by atoms with E-state index in [4.69, 9.17) is 16.9 Å². The number of alkyl halides is 1. The van der Waals surface area contributed by atoms with Gasteiger partial charge in [-0.15, -0.1) is 11.6 Å². The maximum atomic E-state index is 11.0. The van der Waals surface area contributed by atoms with Gasteiger partial charge in [-0.3, -0.25) is 0 Å². The first kappa shape index (κ1) is 11.7. The molecular weight excluding hydrogens is 200 g/mol. The van der Waals surface area contributed by atoms with E-state index in [0.29, 0.717) is 0 Å². The smallest absolute Gasteiger partial charge is 0.212 e. The fourth-order valence-electron chi connectivity index (χ4n) is 0.646. The Bertz CT molecular complexity index is 257. The van der Waals surface area contributed by atoms with Crippen LogP contribution in [0.4, 0.5) is 0 Å². The molecule has 0 aromatic heterocycles. The van der Waals surface area contributed by atoms with E-state index in [2.05, 4.69) is 4.72 Å². The van der Waals surface area contributed by atoms with Crippen molar-refractivity contribution in [2.75, 3.05) is 11.6 Å². The molecule has 0 rings (SSSR count). The molecule has 1 atom stereocenters. The molecule has 1 unspecified atom stereocenters. The Hall–Kier alpha value is -0.310. The average Bonchev–Trinajstić information content (AvgIpc) is 1.85. The van der Waals surface area contributed by atoms with Crippen LogP contribution in [-0.4, -0.2) is 26.1 Å². The second-order valence-corrected chi connectivity index (χ2v) is 4.64. The largest absolute Gasteiger partial charge is 0.213 e. The predicted octanol–water partition coefficient (Wildman–Crippen LogP) is 0.447. The van der Waals surface area contributed by atoms with Crippen LogP contribution in [0.2, 0.25) is 0 Å². The topological polar surface area (TPSA) is 70.0 Å². The van der Waals surface area contributed by atoms with Gasteiger partial charge in [0.25, 0.3) is 0 Å². The highest BCUT2D eigenvalue weighted by molar-refractivity contribution is 7.89. The van der Waals surface area contributed by atoms with E-state index in [9.17, 15) is 8.42 Å². The highest BCUT2D eigenvalue weighted by Crippen LogP contribution is 1.94. The Balaban J connectivity index is 3.99. The average molecular weight is 211 g/mol. The maximum absolute atomic E-state index is 11.0. The Kier molecular flexibility index (Phi) is 5.22. The molecule has 0 heterocycles. The number of nitrogens with zero attached hydrogens (tertiary/aromatic N) is 1. The zero-order valence-corrected chi connectivity index (χ0v) is 8.32. The van der Waals surface area contributed by atoms with Gasteiger partial charge in [0.2, 0.25) is 10.0 Å². The third kappa shape index (κ3) is 5.35. The van der Waals surface area contributed by atoms with Crippen LogP contribution in [0.1, 0.15) is 13.3 Å². The third-order valence-electron chi connectivity index (χ3n) is 1.12. The molecule has 0 spiro atoms. The van der Waals surface area contributed by atoms with Crippen molar-refractivity contribution in [1.29, 1.82) is 5.26 Å². The standard InChI is InChI=1S/C6H11ClN2O2S/c1-6(2-4-8)9-12(10,11)5-3-7/h6,9H,2-3,5H2,1H3. The van der Waals surface area contributed by atoms with Crippen LogP contribution in [0, 0.1) is 11.3 Å². The van der Waals surface area contributed by atoms with E-state index in [0.717, 1.165) is 0 Å². The quantitative estimate of drug-likeness (QED) is 0.670. The van der Waals surface area contributed by atoms with Crippen LogP contribution in [0.5, 0.6) is 0 Å². The summed E-state index contributed by atoms with van der Waals surface area (Å²) >= 11 is 5.26. The lowest BCUT2D eigenvalue weighted by Crippen LogP contribution is -2.34. The van der Waals surface area contributed by atoms with Crippen molar-refractivity contribution in [2.24, 2.45) is 0 Å². The number of halogens is 1. The SMILES string of the molecule is CC(CC#N)NS(=O)(=O)CCCl. The molecule has 0 aliphatic carbocycles. The summed E-state index contributed by atoms with van der Waals surface area (Å²) in [5, 5.41) is 8.25. The molecule has 0 aromatic rings. The van der Waals surface area contributed by atoms with Crippen molar-refractivity contribution in [3.8, 4) is 6.07 Å². The first-order valence-electron chi connectivity index (χ1n) is 3.44. The number of nitriles is 1. The van der Waals surface area contributed by atoms with Crippen molar-refractivity contribution < 1.29 is 8.42 Å². The zero-order chi connectivity index (χ0) is 9.61. The number of sulfonamides is 1. The van der Waals surface area contributed by atoms with Crippen LogP contribution >= 0.6 is 11.6 Å². The molecule has 0 saturated carbocycles. The molecule has 0 aliphatic heterocycles. The van der Waals surface area contributed by atoms with Crippen molar-refractivity contribution in [3.05, 3.63) is 0 Å². The summed E-state index contributed by atoms with van der Waals surface area (Å²) in [5.74, 6) is -0.0427. The minimum absolute atomic E-state index is 0.0641. The minimum atomic E-state index is -3.29. The molecule has 0 fully saturated rings. The summed E-state index contributed by atoms with van der Waals surface area (Å²) < 4.78 is 24.3. The number of rotatable bonds is 5. The van der Waals surface area contributed by atoms with Gasteiger partial charge >= 0.3 is 0 Å². The molecule has 0 amide bonds. The van der Waals surface area contributed by atoms with Crippen LogP contribution in [0.3, 0.4) is 0 Å². The summed E-state index contributed by atoms with van der Waals surface area (Å²) in [6.45, 7) is 1.63. The molecule has 0 aromatic carbocycles. The van der Waals surface area contributed by atoms with Gasteiger partial charge in [0.1, 0.15) is 0 Å². The lowest BCUT2D eigenvalue weighted by atomic mass is 10.3. The van der Waals surface area contributed by atoms with Gasteiger partial charge in [0.05, 0.1) is 18.2 Å². The molecule has 1 N–H and O–H groups in total. The van der Waals surface area contributed by atoms with Gasteiger partial charge in [-0.2, -0.15) is 5.26 Å². The third-order valence-corrected chi connectivity index (χ3v) is 3.04. The molecular formula is C6H11ClN2O2S. The van der Waals surface area contributed by atoms with E-state index >= 15 is 0 Å². The van der Waals surface area contributed by atoms with Gasteiger partial charge in [0.15, 0.2) is 0 Å². The highest BCUT2D eigenvalue weighted by atomic mass is 35.5. The highest BCUT2D eigenvalue weighted by Gasteiger charge is 2.12. The van der Waals surface area contributed by atoms with E-state index in [1.807, 2.05) is 6.07 Å². The number of hydrogen-bond donors (Lipinski definition) is 1. The molecule has 0 radical (unpaired) electrons. The van der Waals surface area contributed by atoms with Crippen molar-refractivity contribution in [2.45, 2.75) is 19.4 Å². The first-order valence-corrected chi connectivity index (χ1v) is 5.63. The lowest BCUT2D eigenvalue weighted by Gasteiger charge is -2.09. The maximum Gasteiger partial charge on any atom is 0.213 e. The Labute approximate surface area is 77.6 Å². The fourth-order valence-corrected chi connectivity index (χ4v) is 2.27. The molecule has 0 aliphatic rings.